The summed E-state index contributed by atoms with van der Waals surface area (Å²) in [5.41, 5.74) is 0.410. The standard InChI is InChI=1S/C14H14ClN3O3/c15-9-2-1-3-10-12(9)13(19)18(8-4-5-8)11(17-10)6-7-16-14(20)21/h1-3,8,16H,4-7H2,(H,20,21). The van der Waals surface area contributed by atoms with Gasteiger partial charge in [0.05, 0.1) is 15.9 Å². The first-order valence-electron chi connectivity index (χ1n) is 6.74. The van der Waals surface area contributed by atoms with Crippen molar-refractivity contribution in [2.24, 2.45) is 0 Å². The summed E-state index contributed by atoms with van der Waals surface area (Å²) >= 11 is 6.11. The van der Waals surface area contributed by atoms with Gasteiger partial charge in [0.1, 0.15) is 5.82 Å². The van der Waals surface area contributed by atoms with Crippen molar-refractivity contribution in [3.63, 3.8) is 0 Å². The maximum Gasteiger partial charge on any atom is 0.404 e. The minimum Gasteiger partial charge on any atom is -0.465 e. The summed E-state index contributed by atoms with van der Waals surface area (Å²) in [6, 6.07) is 5.33. The van der Waals surface area contributed by atoms with Crippen LogP contribution >= 0.6 is 11.6 Å². The first-order valence-corrected chi connectivity index (χ1v) is 7.12. The van der Waals surface area contributed by atoms with E-state index in [0.717, 1.165) is 12.8 Å². The number of aromatic nitrogens is 2. The van der Waals surface area contributed by atoms with E-state index in [4.69, 9.17) is 16.7 Å². The van der Waals surface area contributed by atoms with Crippen molar-refractivity contribution in [1.29, 1.82) is 0 Å². The Morgan fingerprint density at radius 1 is 1.48 bits per heavy atom. The first-order chi connectivity index (χ1) is 10.1. The molecule has 0 radical (unpaired) electrons. The monoisotopic (exact) mass is 307 g/mol. The van der Waals surface area contributed by atoms with E-state index in [1.165, 1.54) is 0 Å². The number of nitrogens with one attached hydrogen (secondary N) is 1. The van der Waals surface area contributed by atoms with Crippen LogP contribution in [0.2, 0.25) is 5.02 Å². The van der Waals surface area contributed by atoms with E-state index in [1.54, 1.807) is 22.8 Å². The van der Waals surface area contributed by atoms with Gasteiger partial charge >= 0.3 is 6.09 Å². The first kappa shape index (κ1) is 13.9. The summed E-state index contributed by atoms with van der Waals surface area (Å²) in [5.74, 6) is 0.603. The molecule has 1 aliphatic carbocycles. The van der Waals surface area contributed by atoms with Crippen LogP contribution in [0.5, 0.6) is 0 Å². The Labute approximate surface area is 125 Å². The third-order valence-electron chi connectivity index (χ3n) is 3.49. The second-order valence-electron chi connectivity index (χ2n) is 5.05. The second-order valence-corrected chi connectivity index (χ2v) is 5.46. The number of carbonyl (C=O) groups is 1. The van der Waals surface area contributed by atoms with Crippen LogP contribution in [-0.4, -0.2) is 27.3 Å². The number of hydrogen-bond donors (Lipinski definition) is 2. The molecule has 1 amide bonds. The quantitative estimate of drug-likeness (QED) is 0.907. The SMILES string of the molecule is O=C(O)NCCc1nc2cccc(Cl)c2c(=O)n1C1CC1. The molecule has 0 aliphatic heterocycles. The smallest absolute Gasteiger partial charge is 0.404 e. The zero-order chi connectivity index (χ0) is 15.0. The fraction of sp³-hybridized carbons (Fsp3) is 0.357. The summed E-state index contributed by atoms with van der Waals surface area (Å²) in [7, 11) is 0. The van der Waals surface area contributed by atoms with E-state index < -0.39 is 6.09 Å². The highest BCUT2D eigenvalue weighted by Crippen LogP contribution is 2.35. The van der Waals surface area contributed by atoms with Gasteiger partial charge in [-0.05, 0) is 25.0 Å². The zero-order valence-corrected chi connectivity index (χ0v) is 11.9. The van der Waals surface area contributed by atoms with Crippen LogP contribution in [-0.2, 0) is 6.42 Å². The summed E-state index contributed by atoms with van der Waals surface area (Å²) in [5, 5.41) is 11.8. The molecule has 1 heterocycles. The molecule has 2 N–H and O–H groups in total. The van der Waals surface area contributed by atoms with Gasteiger partial charge in [0.25, 0.3) is 5.56 Å². The average molecular weight is 308 g/mol. The molecule has 0 bridgehead atoms. The number of carboxylic acid groups (broad SMARTS) is 1. The number of rotatable bonds is 4. The molecule has 1 saturated carbocycles. The molecular formula is C14H14ClN3O3. The predicted octanol–water partition coefficient (Wildman–Crippen LogP) is 2.19. The average Bonchev–Trinajstić information content (AvgIpc) is 3.22. The van der Waals surface area contributed by atoms with Gasteiger partial charge in [0.15, 0.2) is 0 Å². The van der Waals surface area contributed by atoms with Gasteiger partial charge in [0.2, 0.25) is 0 Å². The molecule has 2 aromatic rings. The largest absolute Gasteiger partial charge is 0.465 e. The van der Waals surface area contributed by atoms with Gasteiger partial charge in [-0.2, -0.15) is 0 Å². The van der Waals surface area contributed by atoms with E-state index in [-0.39, 0.29) is 18.1 Å². The van der Waals surface area contributed by atoms with Crippen LogP contribution in [0, 0.1) is 0 Å². The fourth-order valence-electron chi connectivity index (χ4n) is 2.42. The lowest BCUT2D eigenvalue weighted by Crippen LogP contribution is -2.29. The zero-order valence-electron chi connectivity index (χ0n) is 11.2. The number of amides is 1. The Bertz CT molecular complexity index is 768. The highest BCUT2D eigenvalue weighted by molar-refractivity contribution is 6.35. The van der Waals surface area contributed by atoms with Gasteiger partial charge in [-0.3, -0.25) is 9.36 Å². The summed E-state index contributed by atoms with van der Waals surface area (Å²) < 4.78 is 1.66. The maximum absolute atomic E-state index is 12.7. The van der Waals surface area contributed by atoms with Gasteiger partial charge in [-0.25, -0.2) is 9.78 Å². The molecule has 0 saturated heterocycles. The van der Waals surface area contributed by atoms with Crippen LogP contribution in [0.15, 0.2) is 23.0 Å². The molecule has 21 heavy (non-hydrogen) atoms. The molecule has 0 spiro atoms. The molecule has 0 atom stereocenters. The third kappa shape index (κ3) is 2.71. The lowest BCUT2D eigenvalue weighted by molar-refractivity contribution is 0.194. The van der Waals surface area contributed by atoms with Crippen molar-refractivity contribution in [3.05, 3.63) is 39.4 Å². The van der Waals surface area contributed by atoms with Crippen molar-refractivity contribution in [2.75, 3.05) is 6.54 Å². The number of hydrogen-bond acceptors (Lipinski definition) is 3. The Kier molecular flexibility index (Phi) is 3.55. The Balaban J connectivity index is 2.08. The molecule has 1 aromatic carbocycles. The summed E-state index contributed by atoms with van der Waals surface area (Å²) in [4.78, 5) is 27.7. The normalized spacial score (nSPS) is 14.3. The molecular weight excluding hydrogens is 294 g/mol. The molecule has 1 fully saturated rings. The minimum absolute atomic E-state index is 0.140. The van der Waals surface area contributed by atoms with Crippen molar-refractivity contribution in [2.45, 2.75) is 25.3 Å². The number of nitrogens with zero attached hydrogens (tertiary/aromatic N) is 2. The Morgan fingerprint density at radius 2 is 2.24 bits per heavy atom. The lowest BCUT2D eigenvalue weighted by Gasteiger charge is -2.13. The van der Waals surface area contributed by atoms with Crippen LogP contribution in [0.25, 0.3) is 10.9 Å². The van der Waals surface area contributed by atoms with E-state index in [1.807, 2.05) is 0 Å². The van der Waals surface area contributed by atoms with Crippen molar-refractivity contribution in [1.82, 2.24) is 14.9 Å². The minimum atomic E-state index is -1.08. The number of fused-ring (bicyclic) bond motifs is 1. The highest BCUT2D eigenvalue weighted by Gasteiger charge is 2.28. The van der Waals surface area contributed by atoms with Crippen molar-refractivity contribution < 1.29 is 9.90 Å². The van der Waals surface area contributed by atoms with Crippen molar-refractivity contribution in [3.8, 4) is 0 Å². The number of halogens is 1. The molecule has 1 aliphatic rings. The molecule has 7 heteroatoms. The van der Waals surface area contributed by atoms with Crippen LogP contribution in [0.4, 0.5) is 4.79 Å². The number of benzene rings is 1. The molecule has 1 aromatic heterocycles. The van der Waals surface area contributed by atoms with Crippen LogP contribution < -0.4 is 10.9 Å². The van der Waals surface area contributed by atoms with Gasteiger partial charge in [-0.1, -0.05) is 17.7 Å². The Morgan fingerprint density at radius 3 is 2.90 bits per heavy atom. The Hall–Kier alpha value is -2.08. The van der Waals surface area contributed by atoms with Gasteiger partial charge in [0, 0.05) is 19.0 Å². The van der Waals surface area contributed by atoms with E-state index in [0.29, 0.717) is 28.2 Å². The second kappa shape index (κ2) is 5.37. The third-order valence-corrected chi connectivity index (χ3v) is 3.80. The van der Waals surface area contributed by atoms with Crippen LogP contribution in [0.3, 0.4) is 0 Å². The molecule has 3 rings (SSSR count). The maximum atomic E-state index is 12.7. The topological polar surface area (TPSA) is 84.2 Å². The molecule has 6 nitrogen and oxygen atoms in total. The lowest BCUT2D eigenvalue weighted by atomic mass is 10.2. The predicted molar refractivity (Wildman–Crippen MR) is 79.0 cm³/mol. The summed E-state index contributed by atoms with van der Waals surface area (Å²) in [6.45, 7) is 0.223. The fourth-order valence-corrected chi connectivity index (χ4v) is 2.67. The van der Waals surface area contributed by atoms with E-state index in [9.17, 15) is 9.59 Å². The molecule has 110 valence electrons. The molecule has 0 unspecified atom stereocenters. The van der Waals surface area contributed by atoms with E-state index >= 15 is 0 Å². The highest BCUT2D eigenvalue weighted by atomic mass is 35.5. The van der Waals surface area contributed by atoms with Crippen molar-refractivity contribution >= 4 is 28.6 Å². The van der Waals surface area contributed by atoms with Gasteiger partial charge in [-0.15, -0.1) is 0 Å². The van der Waals surface area contributed by atoms with Crippen LogP contribution in [0.1, 0.15) is 24.7 Å². The summed E-state index contributed by atoms with van der Waals surface area (Å²) in [6.07, 6.45) is 1.17. The van der Waals surface area contributed by atoms with E-state index in [2.05, 4.69) is 10.3 Å². The van der Waals surface area contributed by atoms with Gasteiger partial charge < -0.3 is 10.4 Å².